The van der Waals surface area contributed by atoms with Crippen molar-refractivity contribution in [2.24, 2.45) is 11.7 Å². The molecule has 1 aromatic rings. The summed E-state index contributed by atoms with van der Waals surface area (Å²) in [5, 5.41) is 12.5. The largest absolute Gasteiger partial charge is 0.354 e. The van der Waals surface area contributed by atoms with E-state index in [-0.39, 0.29) is 23.4 Å². The Morgan fingerprint density at radius 3 is 2.57 bits per heavy atom. The summed E-state index contributed by atoms with van der Waals surface area (Å²) in [6.45, 7) is 1.14. The van der Waals surface area contributed by atoms with Gasteiger partial charge in [-0.1, -0.05) is 30.3 Å². The molecule has 1 aliphatic carbocycles. The van der Waals surface area contributed by atoms with E-state index >= 15 is 0 Å². The first-order valence-electron chi connectivity index (χ1n) is 10.1. The Hall–Kier alpha value is -2.65. The van der Waals surface area contributed by atoms with Crippen LogP contribution in [0.25, 0.3) is 6.08 Å². The van der Waals surface area contributed by atoms with Crippen LogP contribution in [0, 0.1) is 17.2 Å². The summed E-state index contributed by atoms with van der Waals surface area (Å²) in [6, 6.07) is 11.1. The van der Waals surface area contributed by atoms with Gasteiger partial charge in [0.2, 0.25) is 5.91 Å². The molecule has 1 atom stereocenters. The first kappa shape index (κ1) is 20.1. The zero-order chi connectivity index (χ0) is 19.9. The van der Waals surface area contributed by atoms with Crippen LogP contribution in [0.2, 0.25) is 0 Å². The molecular formula is C22H28N4O2. The van der Waals surface area contributed by atoms with Crippen LogP contribution in [-0.2, 0) is 9.59 Å². The number of hydrogen-bond donors (Lipinski definition) is 2. The van der Waals surface area contributed by atoms with Crippen molar-refractivity contribution in [2.45, 2.75) is 50.6 Å². The molecule has 0 bridgehead atoms. The average molecular weight is 380 g/mol. The summed E-state index contributed by atoms with van der Waals surface area (Å²) in [6.07, 6.45) is 7.07. The third-order valence-corrected chi connectivity index (χ3v) is 5.73. The van der Waals surface area contributed by atoms with Gasteiger partial charge in [-0.05, 0) is 56.1 Å². The number of nitrogens with zero attached hydrogens (tertiary/aromatic N) is 2. The van der Waals surface area contributed by atoms with Gasteiger partial charge in [0.1, 0.15) is 17.7 Å². The molecule has 1 aromatic carbocycles. The molecule has 3 rings (SSSR count). The molecule has 0 radical (unpaired) electrons. The summed E-state index contributed by atoms with van der Waals surface area (Å²) in [5.41, 5.74) is 6.79. The van der Waals surface area contributed by atoms with Crippen molar-refractivity contribution in [1.29, 1.82) is 5.26 Å². The van der Waals surface area contributed by atoms with E-state index in [0.717, 1.165) is 37.7 Å². The zero-order valence-electron chi connectivity index (χ0n) is 16.1. The Kier molecular flexibility index (Phi) is 6.83. The van der Waals surface area contributed by atoms with Crippen molar-refractivity contribution in [3.05, 3.63) is 41.5 Å². The second-order valence-corrected chi connectivity index (χ2v) is 7.76. The highest BCUT2D eigenvalue weighted by Gasteiger charge is 2.35. The lowest BCUT2D eigenvalue weighted by Gasteiger charge is -2.28. The van der Waals surface area contributed by atoms with Crippen molar-refractivity contribution in [3.63, 3.8) is 0 Å². The molecule has 1 saturated heterocycles. The highest BCUT2D eigenvalue weighted by atomic mass is 16.2. The maximum Gasteiger partial charge on any atom is 0.265 e. The molecule has 2 fully saturated rings. The third-order valence-electron chi connectivity index (χ3n) is 5.73. The number of hydrogen-bond acceptors (Lipinski definition) is 4. The highest BCUT2D eigenvalue weighted by molar-refractivity contribution is 6.03. The Morgan fingerprint density at radius 2 is 1.89 bits per heavy atom. The predicted molar refractivity (Wildman–Crippen MR) is 108 cm³/mol. The maximum atomic E-state index is 12.9. The number of carbonyl (C=O) groups is 2. The van der Waals surface area contributed by atoms with E-state index < -0.39 is 6.04 Å². The quantitative estimate of drug-likeness (QED) is 0.604. The van der Waals surface area contributed by atoms with Gasteiger partial charge in [-0.25, -0.2) is 0 Å². The molecule has 148 valence electrons. The SMILES string of the molecule is N#C/C(=C\c1ccccc1)C(=O)N1CCC[C@H]1C(=O)NCC1CCC(N)CC1. The summed E-state index contributed by atoms with van der Waals surface area (Å²) in [7, 11) is 0. The number of carbonyl (C=O) groups excluding carboxylic acids is 2. The van der Waals surface area contributed by atoms with E-state index in [0.29, 0.717) is 25.4 Å². The van der Waals surface area contributed by atoms with E-state index in [2.05, 4.69) is 5.32 Å². The molecule has 0 aromatic heterocycles. The molecule has 3 N–H and O–H groups in total. The molecule has 0 unspecified atom stereocenters. The summed E-state index contributed by atoms with van der Waals surface area (Å²) in [5.74, 6) is -0.0210. The second kappa shape index (κ2) is 9.52. The minimum absolute atomic E-state index is 0.0622. The molecule has 28 heavy (non-hydrogen) atoms. The number of amides is 2. The zero-order valence-corrected chi connectivity index (χ0v) is 16.1. The van der Waals surface area contributed by atoms with Crippen molar-refractivity contribution in [1.82, 2.24) is 10.2 Å². The number of nitrogens with two attached hydrogens (primary N) is 1. The summed E-state index contributed by atoms with van der Waals surface area (Å²) in [4.78, 5) is 27.1. The van der Waals surface area contributed by atoms with Crippen molar-refractivity contribution >= 4 is 17.9 Å². The third kappa shape index (κ3) is 4.99. The van der Waals surface area contributed by atoms with Crippen LogP contribution >= 0.6 is 0 Å². The topological polar surface area (TPSA) is 99.2 Å². The number of rotatable bonds is 5. The number of nitriles is 1. The Labute approximate surface area is 166 Å². The summed E-state index contributed by atoms with van der Waals surface area (Å²) < 4.78 is 0. The van der Waals surface area contributed by atoms with Crippen molar-refractivity contribution < 1.29 is 9.59 Å². The fourth-order valence-electron chi connectivity index (χ4n) is 4.05. The first-order chi connectivity index (χ1) is 13.6. The highest BCUT2D eigenvalue weighted by Crippen LogP contribution is 2.24. The van der Waals surface area contributed by atoms with Gasteiger partial charge >= 0.3 is 0 Å². The predicted octanol–water partition coefficient (Wildman–Crippen LogP) is 2.22. The molecule has 0 spiro atoms. The van der Waals surface area contributed by atoms with Crippen LogP contribution in [0.3, 0.4) is 0 Å². The lowest BCUT2D eigenvalue weighted by Crippen LogP contribution is -2.47. The van der Waals surface area contributed by atoms with Gasteiger partial charge in [0, 0.05) is 19.1 Å². The first-order valence-corrected chi connectivity index (χ1v) is 10.1. The Morgan fingerprint density at radius 1 is 1.18 bits per heavy atom. The standard InChI is InChI=1S/C22H28N4O2/c23-14-18(13-16-5-2-1-3-6-16)22(28)26-12-4-7-20(26)21(27)25-15-17-8-10-19(24)11-9-17/h1-3,5-6,13,17,19-20H,4,7-12,15,24H2,(H,25,27)/b18-13+/t17?,19?,20-/m0/s1. The van der Waals surface area contributed by atoms with Crippen molar-refractivity contribution in [2.75, 3.05) is 13.1 Å². The smallest absolute Gasteiger partial charge is 0.265 e. The van der Waals surface area contributed by atoms with Gasteiger partial charge in [-0.15, -0.1) is 0 Å². The van der Waals surface area contributed by atoms with Gasteiger partial charge in [-0.3, -0.25) is 9.59 Å². The Balaban J connectivity index is 1.61. The van der Waals surface area contributed by atoms with E-state index in [1.807, 2.05) is 36.4 Å². The number of benzene rings is 1. The van der Waals surface area contributed by atoms with Gasteiger partial charge in [0.15, 0.2) is 0 Å². The molecule has 1 heterocycles. The maximum absolute atomic E-state index is 12.9. The molecule has 2 aliphatic rings. The normalized spacial score (nSPS) is 25.2. The molecule has 6 heteroatoms. The van der Waals surface area contributed by atoms with E-state index in [1.54, 1.807) is 11.0 Å². The van der Waals surface area contributed by atoms with Crippen LogP contribution in [0.1, 0.15) is 44.1 Å². The summed E-state index contributed by atoms with van der Waals surface area (Å²) >= 11 is 0. The van der Waals surface area contributed by atoms with Gasteiger partial charge in [0.05, 0.1) is 0 Å². The minimum atomic E-state index is -0.495. The van der Waals surface area contributed by atoms with E-state index in [9.17, 15) is 14.9 Å². The van der Waals surface area contributed by atoms with Crippen LogP contribution < -0.4 is 11.1 Å². The van der Waals surface area contributed by atoms with Crippen LogP contribution in [0.15, 0.2) is 35.9 Å². The molecule has 6 nitrogen and oxygen atoms in total. The monoisotopic (exact) mass is 380 g/mol. The second-order valence-electron chi connectivity index (χ2n) is 7.76. The molecule has 1 aliphatic heterocycles. The van der Waals surface area contributed by atoms with Crippen LogP contribution in [0.5, 0.6) is 0 Å². The van der Waals surface area contributed by atoms with Crippen LogP contribution in [0.4, 0.5) is 0 Å². The molecule has 2 amide bonds. The van der Waals surface area contributed by atoms with Crippen molar-refractivity contribution in [3.8, 4) is 6.07 Å². The number of nitrogens with one attached hydrogen (secondary N) is 1. The molecular weight excluding hydrogens is 352 g/mol. The van der Waals surface area contributed by atoms with Gasteiger partial charge in [0.25, 0.3) is 5.91 Å². The fourth-order valence-corrected chi connectivity index (χ4v) is 4.05. The van der Waals surface area contributed by atoms with E-state index in [1.165, 1.54) is 0 Å². The lowest BCUT2D eigenvalue weighted by molar-refractivity contribution is -0.135. The lowest BCUT2D eigenvalue weighted by atomic mass is 9.86. The Bertz CT molecular complexity index is 760. The number of likely N-dealkylation sites (tertiary alicyclic amines) is 1. The van der Waals surface area contributed by atoms with Crippen LogP contribution in [-0.4, -0.2) is 41.9 Å². The minimum Gasteiger partial charge on any atom is -0.354 e. The van der Waals surface area contributed by atoms with Gasteiger partial charge in [-0.2, -0.15) is 5.26 Å². The van der Waals surface area contributed by atoms with Gasteiger partial charge < -0.3 is 16.0 Å². The fraction of sp³-hybridized carbons (Fsp3) is 0.500. The average Bonchev–Trinajstić information content (AvgIpc) is 3.21. The van der Waals surface area contributed by atoms with E-state index in [4.69, 9.17) is 5.73 Å². The molecule has 1 saturated carbocycles.